The zero-order chi connectivity index (χ0) is 11.8. The van der Waals surface area contributed by atoms with Gasteiger partial charge < -0.3 is 10.6 Å². The predicted molar refractivity (Wildman–Crippen MR) is 71.6 cm³/mol. The molecule has 0 spiro atoms. The molecule has 1 amide bonds. The number of carbonyl (C=O) groups is 1. The molecule has 1 atom stereocenters. The number of thiocarbonyl (C=S) groups is 1. The van der Waals surface area contributed by atoms with Gasteiger partial charge >= 0.3 is 0 Å². The van der Waals surface area contributed by atoms with E-state index in [1.807, 2.05) is 23.7 Å². The van der Waals surface area contributed by atoms with E-state index in [4.69, 9.17) is 18.0 Å². The molecule has 1 unspecified atom stereocenters. The van der Waals surface area contributed by atoms with Crippen LogP contribution in [0.3, 0.4) is 0 Å². The summed E-state index contributed by atoms with van der Waals surface area (Å²) >= 11 is 6.99. The van der Waals surface area contributed by atoms with Gasteiger partial charge in [0, 0.05) is 18.8 Å². The Kier molecular flexibility index (Phi) is 3.45. The zero-order valence-electron chi connectivity index (χ0n) is 9.57. The van der Waals surface area contributed by atoms with E-state index in [2.05, 4.69) is 0 Å². The van der Waals surface area contributed by atoms with E-state index >= 15 is 0 Å². The summed E-state index contributed by atoms with van der Waals surface area (Å²) in [6.45, 7) is 0. The van der Waals surface area contributed by atoms with Crippen LogP contribution in [0.15, 0.2) is 0 Å². The van der Waals surface area contributed by atoms with Crippen molar-refractivity contribution in [3.05, 3.63) is 0 Å². The van der Waals surface area contributed by atoms with Gasteiger partial charge in [-0.3, -0.25) is 4.79 Å². The van der Waals surface area contributed by atoms with Crippen LogP contribution in [0.2, 0.25) is 0 Å². The third-order valence-corrected chi connectivity index (χ3v) is 5.40. The number of thioether (sulfide) groups is 1. The van der Waals surface area contributed by atoms with E-state index in [0.717, 1.165) is 37.2 Å². The van der Waals surface area contributed by atoms with E-state index in [1.54, 1.807) is 0 Å². The molecule has 0 radical (unpaired) electrons. The standard InChI is InChI=1S/C11H18N2OS2/c1-13(8-3-6-16-7-8)10(14)11(9(12)15)4-2-5-11/h8H,2-7H2,1H3,(H2,12,15). The van der Waals surface area contributed by atoms with Crippen molar-refractivity contribution in [2.75, 3.05) is 18.6 Å². The number of nitrogens with two attached hydrogens (primary N) is 1. The van der Waals surface area contributed by atoms with Gasteiger partial charge in [-0.25, -0.2) is 0 Å². The van der Waals surface area contributed by atoms with Crippen molar-refractivity contribution in [1.29, 1.82) is 0 Å². The summed E-state index contributed by atoms with van der Waals surface area (Å²) in [6.07, 6.45) is 3.84. The van der Waals surface area contributed by atoms with Crippen molar-refractivity contribution >= 4 is 34.9 Å². The molecule has 0 aromatic carbocycles. The van der Waals surface area contributed by atoms with Crippen molar-refractivity contribution in [1.82, 2.24) is 4.90 Å². The largest absolute Gasteiger partial charge is 0.392 e. The molecule has 2 rings (SSSR count). The van der Waals surface area contributed by atoms with Gasteiger partial charge in [-0.1, -0.05) is 18.6 Å². The summed E-state index contributed by atoms with van der Waals surface area (Å²) < 4.78 is 0. The summed E-state index contributed by atoms with van der Waals surface area (Å²) in [5.41, 5.74) is 5.25. The molecule has 1 aliphatic carbocycles. The van der Waals surface area contributed by atoms with Gasteiger partial charge in [-0.2, -0.15) is 11.8 Å². The van der Waals surface area contributed by atoms with E-state index in [1.165, 1.54) is 0 Å². The second-order valence-corrected chi connectivity index (χ2v) is 6.32. The first-order valence-electron chi connectivity index (χ1n) is 5.73. The number of hydrogen-bond acceptors (Lipinski definition) is 3. The Morgan fingerprint density at radius 3 is 2.62 bits per heavy atom. The van der Waals surface area contributed by atoms with Crippen LogP contribution < -0.4 is 5.73 Å². The Morgan fingerprint density at radius 1 is 1.56 bits per heavy atom. The highest BCUT2D eigenvalue weighted by Gasteiger charge is 2.49. The maximum absolute atomic E-state index is 12.4. The number of hydrogen-bond donors (Lipinski definition) is 1. The smallest absolute Gasteiger partial charge is 0.235 e. The third-order valence-electron chi connectivity index (χ3n) is 3.86. The lowest BCUT2D eigenvalue weighted by Gasteiger charge is -2.43. The van der Waals surface area contributed by atoms with Crippen molar-refractivity contribution in [2.24, 2.45) is 11.1 Å². The lowest BCUT2D eigenvalue weighted by Crippen LogP contribution is -2.55. The minimum Gasteiger partial charge on any atom is -0.392 e. The molecule has 0 aromatic heterocycles. The van der Waals surface area contributed by atoms with Crippen molar-refractivity contribution in [3.63, 3.8) is 0 Å². The third kappa shape index (κ3) is 1.84. The summed E-state index contributed by atoms with van der Waals surface area (Å²) in [6, 6.07) is 0.379. The van der Waals surface area contributed by atoms with E-state index < -0.39 is 5.41 Å². The Hall–Kier alpha value is -0.290. The second kappa shape index (κ2) is 4.53. The molecule has 1 aliphatic heterocycles. The molecule has 3 nitrogen and oxygen atoms in total. The number of rotatable bonds is 3. The Balaban J connectivity index is 2.08. The SMILES string of the molecule is CN(C(=O)C1(C(N)=S)CCC1)C1CCSC1. The van der Waals surface area contributed by atoms with Gasteiger partial charge in [0.1, 0.15) is 0 Å². The van der Waals surface area contributed by atoms with Gasteiger partial charge in [0.15, 0.2) is 0 Å². The quantitative estimate of drug-likeness (QED) is 0.778. The Labute approximate surface area is 106 Å². The molecule has 2 aliphatic rings. The average molecular weight is 258 g/mol. The number of carbonyl (C=O) groups excluding carboxylic acids is 1. The highest BCUT2D eigenvalue weighted by atomic mass is 32.2. The average Bonchev–Trinajstić information content (AvgIpc) is 2.66. The first-order chi connectivity index (χ1) is 7.58. The van der Waals surface area contributed by atoms with Gasteiger partial charge in [0.05, 0.1) is 10.4 Å². The molecule has 2 fully saturated rings. The van der Waals surface area contributed by atoms with Crippen molar-refractivity contribution in [3.8, 4) is 0 Å². The molecule has 16 heavy (non-hydrogen) atoms. The molecule has 1 heterocycles. The number of amides is 1. The van der Waals surface area contributed by atoms with Crippen LogP contribution in [0.5, 0.6) is 0 Å². The Morgan fingerprint density at radius 2 is 2.25 bits per heavy atom. The maximum atomic E-state index is 12.4. The minimum atomic E-state index is -0.503. The fourth-order valence-electron chi connectivity index (χ4n) is 2.43. The molecule has 0 bridgehead atoms. The molecule has 0 aromatic rings. The van der Waals surface area contributed by atoms with Crippen LogP contribution in [0.25, 0.3) is 0 Å². The van der Waals surface area contributed by atoms with Crippen LogP contribution >= 0.6 is 24.0 Å². The van der Waals surface area contributed by atoms with Gasteiger partial charge in [0.25, 0.3) is 0 Å². The highest BCUT2D eigenvalue weighted by Crippen LogP contribution is 2.43. The monoisotopic (exact) mass is 258 g/mol. The molecule has 1 saturated carbocycles. The molecule has 5 heteroatoms. The fraction of sp³-hybridized carbons (Fsp3) is 0.818. The molecular weight excluding hydrogens is 240 g/mol. The van der Waals surface area contributed by atoms with E-state index in [0.29, 0.717) is 11.0 Å². The number of nitrogens with zero attached hydrogens (tertiary/aromatic N) is 1. The predicted octanol–water partition coefficient (Wildman–Crippen LogP) is 1.41. The summed E-state index contributed by atoms with van der Waals surface area (Å²) in [7, 11) is 1.90. The normalized spacial score (nSPS) is 27.2. The molecular formula is C11H18N2OS2. The minimum absolute atomic E-state index is 0.152. The van der Waals surface area contributed by atoms with Crippen LogP contribution in [0, 0.1) is 5.41 Å². The maximum Gasteiger partial charge on any atom is 0.235 e. The van der Waals surface area contributed by atoms with Crippen LogP contribution in [-0.4, -0.2) is 40.4 Å². The first-order valence-corrected chi connectivity index (χ1v) is 7.29. The van der Waals surface area contributed by atoms with E-state index in [9.17, 15) is 4.79 Å². The van der Waals surface area contributed by atoms with Crippen LogP contribution in [0.4, 0.5) is 0 Å². The van der Waals surface area contributed by atoms with Crippen LogP contribution in [-0.2, 0) is 4.79 Å². The summed E-state index contributed by atoms with van der Waals surface area (Å²) in [5.74, 6) is 2.36. The lowest BCUT2D eigenvalue weighted by molar-refractivity contribution is -0.142. The van der Waals surface area contributed by atoms with Gasteiger partial charge in [-0.15, -0.1) is 0 Å². The van der Waals surface area contributed by atoms with Crippen molar-refractivity contribution < 1.29 is 4.79 Å². The summed E-state index contributed by atoms with van der Waals surface area (Å²) in [4.78, 5) is 14.7. The van der Waals surface area contributed by atoms with E-state index in [-0.39, 0.29) is 5.91 Å². The van der Waals surface area contributed by atoms with Gasteiger partial charge in [0.2, 0.25) is 5.91 Å². The topological polar surface area (TPSA) is 46.3 Å². The molecule has 90 valence electrons. The van der Waals surface area contributed by atoms with Gasteiger partial charge in [-0.05, 0) is 25.0 Å². The first kappa shape index (κ1) is 12.2. The zero-order valence-corrected chi connectivity index (χ0v) is 11.2. The molecule has 1 saturated heterocycles. The Bertz CT molecular complexity index is 309. The molecule has 2 N–H and O–H groups in total. The fourth-order valence-corrected chi connectivity index (χ4v) is 3.99. The summed E-state index contributed by atoms with van der Waals surface area (Å²) in [5, 5.41) is 0. The highest BCUT2D eigenvalue weighted by molar-refractivity contribution is 7.99. The van der Waals surface area contributed by atoms with Crippen LogP contribution in [0.1, 0.15) is 25.7 Å². The second-order valence-electron chi connectivity index (χ2n) is 4.73. The van der Waals surface area contributed by atoms with Crippen molar-refractivity contribution in [2.45, 2.75) is 31.7 Å². The lowest BCUT2D eigenvalue weighted by atomic mass is 9.67.